The van der Waals surface area contributed by atoms with Gasteiger partial charge in [0.25, 0.3) is 5.91 Å². The quantitative estimate of drug-likeness (QED) is 0.856. The zero-order chi connectivity index (χ0) is 13.1. The lowest BCUT2D eigenvalue weighted by molar-refractivity contribution is -0.0587. The average molecular weight is 253 g/mol. The summed E-state index contributed by atoms with van der Waals surface area (Å²) in [6, 6.07) is 0. The monoisotopic (exact) mass is 253 g/mol. The third kappa shape index (κ3) is 2.88. The summed E-state index contributed by atoms with van der Waals surface area (Å²) in [5.41, 5.74) is 0.363. The van der Waals surface area contributed by atoms with E-state index in [0.29, 0.717) is 31.2 Å². The lowest BCUT2D eigenvalue weighted by atomic mass is 10.2. The molecule has 1 fully saturated rings. The molecule has 2 heterocycles. The van der Waals surface area contributed by atoms with Crippen molar-refractivity contribution in [2.75, 3.05) is 20.1 Å². The molecular weight excluding hydrogens is 234 g/mol. The molecule has 1 amide bonds. The SMILES string of the molecule is CNCc1nc(C(=O)N2CC(C)OC(C)C2)co1. The number of rotatable bonds is 3. The van der Waals surface area contributed by atoms with Gasteiger partial charge in [0, 0.05) is 13.1 Å². The van der Waals surface area contributed by atoms with Crippen molar-refractivity contribution in [3.05, 3.63) is 17.8 Å². The number of morpholine rings is 1. The fourth-order valence-corrected chi connectivity index (χ4v) is 2.15. The first-order valence-corrected chi connectivity index (χ1v) is 6.14. The number of carbonyl (C=O) groups is 1. The van der Waals surface area contributed by atoms with Crippen LogP contribution in [0.15, 0.2) is 10.7 Å². The van der Waals surface area contributed by atoms with Crippen LogP contribution in [0.25, 0.3) is 0 Å². The first kappa shape index (κ1) is 13.0. The van der Waals surface area contributed by atoms with Gasteiger partial charge in [0.2, 0.25) is 5.89 Å². The van der Waals surface area contributed by atoms with E-state index in [2.05, 4.69) is 10.3 Å². The minimum Gasteiger partial charge on any atom is -0.447 e. The molecule has 6 heteroatoms. The fraction of sp³-hybridized carbons (Fsp3) is 0.667. The molecule has 1 aliphatic rings. The van der Waals surface area contributed by atoms with Gasteiger partial charge in [-0.15, -0.1) is 0 Å². The van der Waals surface area contributed by atoms with E-state index in [-0.39, 0.29) is 18.1 Å². The maximum Gasteiger partial charge on any atom is 0.275 e. The van der Waals surface area contributed by atoms with Crippen molar-refractivity contribution in [2.24, 2.45) is 0 Å². The Kier molecular flexibility index (Phi) is 3.98. The molecule has 0 bridgehead atoms. The van der Waals surface area contributed by atoms with Gasteiger partial charge in [-0.3, -0.25) is 4.79 Å². The normalized spacial score (nSPS) is 24.3. The number of aromatic nitrogens is 1. The van der Waals surface area contributed by atoms with Crippen molar-refractivity contribution >= 4 is 5.91 Å². The molecule has 0 aromatic carbocycles. The highest BCUT2D eigenvalue weighted by Gasteiger charge is 2.28. The van der Waals surface area contributed by atoms with Crippen molar-refractivity contribution in [1.82, 2.24) is 15.2 Å². The molecule has 1 saturated heterocycles. The fourth-order valence-electron chi connectivity index (χ4n) is 2.15. The van der Waals surface area contributed by atoms with Gasteiger partial charge >= 0.3 is 0 Å². The maximum absolute atomic E-state index is 12.2. The molecule has 2 atom stereocenters. The van der Waals surface area contributed by atoms with Crippen molar-refractivity contribution in [3.63, 3.8) is 0 Å². The van der Waals surface area contributed by atoms with Gasteiger partial charge in [-0.2, -0.15) is 0 Å². The van der Waals surface area contributed by atoms with Crippen LogP contribution in [0.1, 0.15) is 30.2 Å². The molecule has 6 nitrogen and oxygen atoms in total. The summed E-state index contributed by atoms with van der Waals surface area (Å²) in [5, 5.41) is 2.93. The Balaban J connectivity index is 2.05. The van der Waals surface area contributed by atoms with Crippen LogP contribution in [0.3, 0.4) is 0 Å². The Bertz CT molecular complexity index is 408. The molecule has 1 aromatic rings. The lowest BCUT2D eigenvalue weighted by Gasteiger charge is -2.34. The molecule has 1 N–H and O–H groups in total. The van der Waals surface area contributed by atoms with Gasteiger partial charge in [0.15, 0.2) is 5.69 Å². The van der Waals surface area contributed by atoms with Gasteiger partial charge in [-0.1, -0.05) is 0 Å². The first-order chi connectivity index (χ1) is 8.60. The van der Waals surface area contributed by atoms with Gasteiger partial charge in [-0.05, 0) is 20.9 Å². The van der Waals surface area contributed by atoms with Crippen molar-refractivity contribution in [1.29, 1.82) is 0 Å². The van der Waals surface area contributed by atoms with Crippen molar-refractivity contribution in [3.8, 4) is 0 Å². The Morgan fingerprint density at radius 2 is 2.17 bits per heavy atom. The highest BCUT2D eigenvalue weighted by atomic mass is 16.5. The maximum atomic E-state index is 12.2. The van der Waals surface area contributed by atoms with E-state index in [9.17, 15) is 4.79 Å². The third-order valence-corrected chi connectivity index (χ3v) is 2.81. The van der Waals surface area contributed by atoms with Crippen LogP contribution >= 0.6 is 0 Å². The van der Waals surface area contributed by atoms with E-state index in [1.165, 1.54) is 6.26 Å². The van der Waals surface area contributed by atoms with Crippen LogP contribution in [-0.2, 0) is 11.3 Å². The van der Waals surface area contributed by atoms with E-state index in [4.69, 9.17) is 9.15 Å². The molecule has 1 aromatic heterocycles. The molecule has 1 aliphatic heterocycles. The molecule has 100 valence electrons. The summed E-state index contributed by atoms with van der Waals surface area (Å²) in [7, 11) is 1.80. The standard InChI is InChI=1S/C12H19N3O3/c1-8-5-15(6-9(2)18-8)12(16)10-7-17-11(14-10)4-13-3/h7-9,13H,4-6H2,1-3H3. The summed E-state index contributed by atoms with van der Waals surface area (Å²) in [5.74, 6) is 0.429. The van der Waals surface area contributed by atoms with Crippen LogP contribution in [0.2, 0.25) is 0 Å². The smallest absolute Gasteiger partial charge is 0.275 e. The number of carbonyl (C=O) groups excluding carboxylic acids is 1. The summed E-state index contributed by atoms with van der Waals surface area (Å²) >= 11 is 0. The van der Waals surface area contributed by atoms with Crippen LogP contribution in [-0.4, -0.2) is 48.1 Å². The lowest BCUT2D eigenvalue weighted by Crippen LogP contribution is -2.48. The molecule has 0 radical (unpaired) electrons. The van der Waals surface area contributed by atoms with Gasteiger partial charge in [0.1, 0.15) is 6.26 Å². The Morgan fingerprint density at radius 1 is 1.50 bits per heavy atom. The molecular formula is C12H19N3O3. The zero-order valence-electron chi connectivity index (χ0n) is 11.0. The molecule has 2 rings (SSSR count). The number of hydrogen-bond acceptors (Lipinski definition) is 5. The molecule has 18 heavy (non-hydrogen) atoms. The summed E-state index contributed by atoms with van der Waals surface area (Å²) in [4.78, 5) is 18.2. The highest BCUT2D eigenvalue weighted by molar-refractivity contribution is 5.92. The molecule has 0 saturated carbocycles. The van der Waals surface area contributed by atoms with Crippen LogP contribution in [0.4, 0.5) is 0 Å². The van der Waals surface area contributed by atoms with Crippen molar-refractivity contribution < 1.29 is 13.9 Å². The Labute approximate surface area is 106 Å². The number of amides is 1. The number of oxazole rings is 1. The topological polar surface area (TPSA) is 67.6 Å². The minimum atomic E-state index is -0.0943. The molecule has 0 aliphatic carbocycles. The second-order valence-electron chi connectivity index (χ2n) is 4.62. The Hall–Kier alpha value is -1.40. The van der Waals surface area contributed by atoms with E-state index >= 15 is 0 Å². The zero-order valence-corrected chi connectivity index (χ0v) is 11.0. The highest BCUT2D eigenvalue weighted by Crippen LogP contribution is 2.14. The number of nitrogens with zero attached hydrogens (tertiary/aromatic N) is 2. The number of hydrogen-bond donors (Lipinski definition) is 1. The summed E-state index contributed by atoms with van der Waals surface area (Å²) < 4.78 is 10.8. The van der Waals surface area contributed by atoms with E-state index in [0.717, 1.165) is 0 Å². The van der Waals surface area contributed by atoms with Gasteiger partial charge in [-0.25, -0.2) is 4.98 Å². The predicted molar refractivity (Wildman–Crippen MR) is 65.2 cm³/mol. The van der Waals surface area contributed by atoms with E-state index in [1.807, 2.05) is 13.8 Å². The van der Waals surface area contributed by atoms with Crippen LogP contribution in [0.5, 0.6) is 0 Å². The summed E-state index contributed by atoms with van der Waals surface area (Å²) in [6.45, 7) is 5.63. The minimum absolute atomic E-state index is 0.0568. The number of nitrogens with one attached hydrogen (secondary N) is 1. The van der Waals surface area contributed by atoms with Crippen molar-refractivity contribution in [2.45, 2.75) is 32.6 Å². The average Bonchev–Trinajstić information content (AvgIpc) is 2.76. The predicted octanol–water partition coefficient (Wildman–Crippen LogP) is 0.643. The largest absolute Gasteiger partial charge is 0.447 e. The Morgan fingerprint density at radius 3 is 2.78 bits per heavy atom. The first-order valence-electron chi connectivity index (χ1n) is 6.14. The van der Waals surface area contributed by atoms with E-state index < -0.39 is 0 Å². The summed E-state index contributed by atoms with van der Waals surface area (Å²) in [6.07, 6.45) is 1.53. The van der Waals surface area contributed by atoms with Crippen LogP contribution in [0, 0.1) is 0 Å². The molecule has 0 spiro atoms. The second kappa shape index (κ2) is 5.49. The number of ether oxygens (including phenoxy) is 1. The second-order valence-corrected chi connectivity index (χ2v) is 4.62. The van der Waals surface area contributed by atoms with Gasteiger partial charge < -0.3 is 19.4 Å². The molecule has 2 unspecified atom stereocenters. The third-order valence-electron chi connectivity index (χ3n) is 2.81. The van der Waals surface area contributed by atoms with E-state index in [1.54, 1.807) is 11.9 Å². The van der Waals surface area contributed by atoms with Crippen LogP contribution < -0.4 is 5.32 Å². The van der Waals surface area contributed by atoms with Gasteiger partial charge in [0.05, 0.1) is 18.8 Å².